The molecule has 4 amide bonds. The molecule has 9 heteroatoms. The first kappa shape index (κ1) is 16.2. The number of hydrogen-bond acceptors (Lipinski definition) is 5. The van der Waals surface area contributed by atoms with Crippen LogP contribution in [0.4, 0.5) is 0 Å². The third-order valence-electron chi connectivity index (χ3n) is 5.02. The Kier molecular flexibility index (Phi) is 3.53. The molecule has 1 aromatic carbocycles. The fourth-order valence-corrected chi connectivity index (χ4v) is 3.78. The normalized spacial score (nSPS) is 25.5. The first-order valence-electron chi connectivity index (χ1n) is 8.25. The van der Waals surface area contributed by atoms with Crippen LogP contribution in [-0.2, 0) is 14.4 Å². The lowest BCUT2D eigenvalue weighted by Crippen LogP contribution is -2.56. The standard InChI is InChI=1S/C17H15N3O6/c21-13-6-5-11(16(24)20-12(17(25)26)7-8-18(13)20)19-14(22)9-3-1-2-4-10(9)15(19)23/h1-4,11-12H,5-8H2,(H,25,26)/t11-,12?/m0/s1. The summed E-state index contributed by atoms with van der Waals surface area (Å²) in [5.41, 5.74) is 0.405. The van der Waals surface area contributed by atoms with Crippen molar-refractivity contribution in [3.63, 3.8) is 0 Å². The number of carbonyl (C=O) groups is 5. The molecule has 9 nitrogen and oxygen atoms in total. The van der Waals surface area contributed by atoms with Crippen molar-refractivity contribution in [1.29, 1.82) is 0 Å². The number of benzene rings is 1. The Hall–Kier alpha value is -3.23. The van der Waals surface area contributed by atoms with Crippen LogP contribution in [0.15, 0.2) is 24.3 Å². The number of nitrogens with zero attached hydrogens (tertiary/aromatic N) is 3. The zero-order valence-electron chi connectivity index (χ0n) is 13.6. The first-order chi connectivity index (χ1) is 12.4. The summed E-state index contributed by atoms with van der Waals surface area (Å²) < 4.78 is 0. The topological polar surface area (TPSA) is 115 Å². The van der Waals surface area contributed by atoms with Gasteiger partial charge in [0.2, 0.25) is 5.91 Å². The van der Waals surface area contributed by atoms with Gasteiger partial charge in [0.25, 0.3) is 17.7 Å². The number of aliphatic carboxylic acids is 1. The van der Waals surface area contributed by atoms with Gasteiger partial charge in [0.15, 0.2) is 6.04 Å². The second-order valence-corrected chi connectivity index (χ2v) is 6.42. The monoisotopic (exact) mass is 357 g/mol. The molecule has 26 heavy (non-hydrogen) atoms. The second kappa shape index (κ2) is 5.65. The van der Waals surface area contributed by atoms with Crippen molar-refractivity contribution in [1.82, 2.24) is 14.9 Å². The van der Waals surface area contributed by atoms with E-state index in [2.05, 4.69) is 0 Å². The maximum atomic E-state index is 13.0. The summed E-state index contributed by atoms with van der Waals surface area (Å²) in [5.74, 6) is -3.53. The Bertz CT molecular complexity index is 831. The molecule has 1 unspecified atom stereocenters. The maximum Gasteiger partial charge on any atom is 0.328 e. The lowest BCUT2D eigenvalue weighted by atomic mass is 10.1. The smallest absolute Gasteiger partial charge is 0.328 e. The van der Waals surface area contributed by atoms with Gasteiger partial charge in [0.1, 0.15) is 6.04 Å². The third-order valence-corrected chi connectivity index (χ3v) is 5.02. The van der Waals surface area contributed by atoms with E-state index in [0.29, 0.717) is 0 Å². The molecule has 4 rings (SSSR count). The van der Waals surface area contributed by atoms with Gasteiger partial charge in [-0.15, -0.1) is 0 Å². The average molecular weight is 357 g/mol. The molecule has 0 saturated carbocycles. The zero-order valence-corrected chi connectivity index (χ0v) is 13.6. The Balaban J connectivity index is 1.73. The van der Waals surface area contributed by atoms with Gasteiger partial charge in [-0.05, 0) is 18.6 Å². The lowest BCUT2D eigenvalue weighted by molar-refractivity contribution is -0.166. The van der Waals surface area contributed by atoms with Gasteiger partial charge in [0.05, 0.1) is 11.1 Å². The molecular formula is C17H15N3O6. The van der Waals surface area contributed by atoms with Gasteiger partial charge in [-0.1, -0.05) is 12.1 Å². The molecule has 1 N–H and O–H groups in total. The van der Waals surface area contributed by atoms with Gasteiger partial charge in [-0.3, -0.25) is 29.1 Å². The molecule has 3 heterocycles. The summed E-state index contributed by atoms with van der Waals surface area (Å²) in [6.07, 6.45) is 0.0385. The first-order valence-corrected chi connectivity index (χ1v) is 8.25. The summed E-state index contributed by atoms with van der Waals surface area (Å²) in [7, 11) is 0. The fourth-order valence-electron chi connectivity index (χ4n) is 3.78. The van der Waals surface area contributed by atoms with E-state index in [4.69, 9.17) is 0 Å². The van der Waals surface area contributed by atoms with E-state index in [-0.39, 0.29) is 42.8 Å². The number of carboxylic acids is 1. The number of amides is 4. The fraction of sp³-hybridized carbons (Fsp3) is 0.353. The molecule has 2 fully saturated rings. The Morgan fingerprint density at radius 3 is 2.19 bits per heavy atom. The van der Waals surface area contributed by atoms with Gasteiger partial charge in [-0.25, -0.2) is 9.80 Å². The van der Waals surface area contributed by atoms with Crippen LogP contribution in [0.25, 0.3) is 0 Å². The number of fused-ring (bicyclic) bond motifs is 2. The summed E-state index contributed by atoms with van der Waals surface area (Å²) in [6, 6.07) is 3.87. The van der Waals surface area contributed by atoms with Crippen LogP contribution in [0.3, 0.4) is 0 Å². The zero-order chi connectivity index (χ0) is 18.6. The van der Waals surface area contributed by atoms with Gasteiger partial charge < -0.3 is 5.11 Å². The molecule has 0 radical (unpaired) electrons. The second-order valence-electron chi connectivity index (χ2n) is 6.42. The largest absolute Gasteiger partial charge is 0.480 e. The Labute approximate surface area is 147 Å². The van der Waals surface area contributed by atoms with Crippen LogP contribution in [0, 0.1) is 0 Å². The van der Waals surface area contributed by atoms with Crippen molar-refractivity contribution >= 4 is 29.6 Å². The summed E-state index contributed by atoms with van der Waals surface area (Å²) >= 11 is 0. The summed E-state index contributed by atoms with van der Waals surface area (Å²) in [5, 5.41) is 11.4. The van der Waals surface area contributed by atoms with Gasteiger partial charge >= 0.3 is 5.97 Å². The highest BCUT2D eigenvalue weighted by molar-refractivity contribution is 6.23. The van der Waals surface area contributed by atoms with Crippen LogP contribution in [0.1, 0.15) is 40.0 Å². The molecule has 2 atom stereocenters. The van der Waals surface area contributed by atoms with E-state index >= 15 is 0 Å². The minimum Gasteiger partial charge on any atom is -0.480 e. The molecule has 0 bridgehead atoms. The van der Waals surface area contributed by atoms with Gasteiger partial charge in [0, 0.05) is 19.4 Å². The number of rotatable bonds is 2. The van der Waals surface area contributed by atoms with Crippen molar-refractivity contribution in [3.8, 4) is 0 Å². The molecular weight excluding hydrogens is 342 g/mol. The number of hydrazine groups is 1. The molecule has 2 saturated heterocycles. The van der Waals surface area contributed by atoms with E-state index in [9.17, 15) is 29.1 Å². The lowest BCUT2D eigenvalue weighted by Gasteiger charge is -2.32. The average Bonchev–Trinajstić information content (AvgIpc) is 3.14. The van der Waals surface area contributed by atoms with Crippen molar-refractivity contribution in [2.45, 2.75) is 31.3 Å². The number of hydrogen-bond donors (Lipinski definition) is 1. The van der Waals surface area contributed by atoms with Crippen LogP contribution in [0.2, 0.25) is 0 Å². The van der Waals surface area contributed by atoms with Crippen LogP contribution >= 0.6 is 0 Å². The van der Waals surface area contributed by atoms with Crippen molar-refractivity contribution in [2.24, 2.45) is 0 Å². The molecule has 0 spiro atoms. The predicted molar refractivity (Wildman–Crippen MR) is 84.6 cm³/mol. The van der Waals surface area contributed by atoms with E-state index in [1.165, 1.54) is 12.1 Å². The number of carboxylic acid groups (broad SMARTS) is 1. The van der Waals surface area contributed by atoms with Gasteiger partial charge in [-0.2, -0.15) is 0 Å². The van der Waals surface area contributed by atoms with E-state index in [1.807, 2.05) is 0 Å². The minimum absolute atomic E-state index is 0.0253. The highest BCUT2D eigenvalue weighted by atomic mass is 16.4. The third kappa shape index (κ3) is 2.13. The summed E-state index contributed by atoms with van der Waals surface area (Å²) in [6.45, 7) is 0.121. The van der Waals surface area contributed by atoms with Crippen LogP contribution < -0.4 is 0 Å². The SMILES string of the molecule is O=C(O)C1CCN2C(=O)CC[C@H](N3C(=O)c4ccccc4C3=O)C(=O)N12. The minimum atomic E-state index is -1.23. The highest BCUT2D eigenvalue weighted by Crippen LogP contribution is 2.31. The Morgan fingerprint density at radius 1 is 1.00 bits per heavy atom. The molecule has 3 aliphatic rings. The predicted octanol–water partition coefficient (Wildman–Crippen LogP) is -0.126. The molecule has 1 aromatic rings. The maximum absolute atomic E-state index is 13.0. The molecule has 134 valence electrons. The molecule has 3 aliphatic heterocycles. The number of imide groups is 1. The van der Waals surface area contributed by atoms with Crippen LogP contribution in [-0.4, -0.2) is 68.3 Å². The highest BCUT2D eigenvalue weighted by Gasteiger charge is 2.51. The van der Waals surface area contributed by atoms with Crippen molar-refractivity contribution in [2.75, 3.05) is 6.54 Å². The quantitative estimate of drug-likeness (QED) is 0.738. The summed E-state index contributed by atoms with van der Waals surface area (Å²) in [4.78, 5) is 63.0. The molecule has 0 aliphatic carbocycles. The van der Waals surface area contributed by atoms with E-state index in [1.54, 1.807) is 12.1 Å². The number of carbonyl (C=O) groups excluding carboxylic acids is 4. The van der Waals surface area contributed by atoms with Crippen molar-refractivity contribution < 1.29 is 29.1 Å². The Morgan fingerprint density at radius 2 is 1.62 bits per heavy atom. The molecule has 0 aromatic heterocycles. The van der Waals surface area contributed by atoms with Crippen LogP contribution in [0.5, 0.6) is 0 Å². The van der Waals surface area contributed by atoms with E-state index < -0.39 is 35.8 Å². The van der Waals surface area contributed by atoms with Crippen molar-refractivity contribution in [3.05, 3.63) is 35.4 Å². The van der Waals surface area contributed by atoms with E-state index in [0.717, 1.165) is 14.9 Å².